The third-order valence-corrected chi connectivity index (χ3v) is 6.00. The molecule has 0 radical (unpaired) electrons. The zero-order valence-corrected chi connectivity index (χ0v) is 18.7. The third-order valence-electron chi connectivity index (χ3n) is 6.00. The van der Waals surface area contributed by atoms with Crippen molar-refractivity contribution in [3.8, 4) is 17.6 Å². The van der Waals surface area contributed by atoms with Crippen LogP contribution in [0.5, 0.6) is 5.75 Å². The molecule has 0 fully saturated rings. The first-order chi connectivity index (χ1) is 13.8. The first-order valence-corrected chi connectivity index (χ1v) is 10.3. The maximum absolute atomic E-state index is 13.6. The summed E-state index contributed by atoms with van der Waals surface area (Å²) >= 11 is 0. The Bertz CT molecular complexity index is 960. The van der Waals surface area contributed by atoms with E-state index in [1.165, 1.54) is 6.92 Å². The standard InChI is InChI=1S/C26H31F3O/c1-7-8-14-25(6,26(27,28)29)15-13-20-9-10-21(16-18(20)2)24(4,5)22-11-12-23(30)19(3)17-22/h9-12,16-17,30H,7-8,14H2,1-6H3. The zero-order chi connectivity index (χ0) is 22.7. The minimum Gasteiger partial charge on any atom is -0.508 e. The maximum Gasteiger partial charge on any atom is 0.404 e. The topological polar surface area (TPSA) is 20.2 Å². The van der Waals surface area contributed by atoms with Crippen molar-refractivity contribution < 1.29 is 18.3 Å². The van der Waals surface area contributed by atoms with Gasteiger partial charge < -0.3 is 5.11 Å². The summed E-state index contributed by atoms with van der Waals surface area (Å²) in [5.74, 6) is 5.59. The largest absolute Gasteiger partial charge is 0.508 e. The summed E-state index contributed by atoms with van der Waals surface area (Å²) in [4.78, 5) is 0. The molecular weight excluding hydrogens is 385 g/mol. The van der Waals surface area contributed by atoms with Gasteiger partial charge in [0.25, 0.3) is 0 Å². The van der Waals surface area contributed by atoms with Gasteiger partial charge in [0.2, 0.25) is 0 Å². The molecule has 1 atom stereocenters. The summed E-state index contributed by atoms with van der Waals surface area (Å²) in [6.45, 7) is 11.0. The van der Waals surface area contributed by atoms with Gasteiger partial charge in [-0.05, 0) is 61.6 Å². The van der Waals surface area contributed by atoms with E-state index >= 15 is 0 Å². The van der Waals surface area contributed by atoms with Crippen LogP contribution >= 0.6 is 0 Å². The minimum absolute atomic E-state index is 0.00433. The Labute approximate surface area is 178 Å². The van der Waals surface area contributed by atoms with Crippen molar-refractivity contribution in [2.24, 2.45) is 5.41 Å². The Morgan fingerprint density at radius 2 is 1.47 bits per heavy atom. The Morgan fingerprint density at radius 1 is 0.900 bits per heavy atom. The lowest BCUT2D eigenvalue weighted by atomic mass is 9.77. The molecule has 4 heteroatoms. The molecule has 2 aromatic carbocycles. The number of unbranched alkanes of at least 4 members (excludes halogenated alkanes) is 1. The average molecular weight is 417 g/mol. The van der Waals surface area contributed by atoms with Gasteiger partial charge in [0.15, 0.2) is 0 Å². The lowest BCUT2D eigenvalue weighted by molar-refractivity contribution is -0.198. The highest BCUT2D eigenvalue weighted by Gasteiger charge is 2.49. The molecule has 0 bridgehead atoms. The number of aromatic hydroxyl groups is 1. The smallest absolute Gasteiger partial charge is 0.404 e. The highest BCUT2D eigenvalue weighted by molar-refractivity contribution is 5.49. The number of hydrogen-bond donors (Lipinski definition) is 1. The number of phenols is 1. The van der Waals surface area contributed by atoms with E-state index in [9.17, 15) is 18.3 Å². The fourth-order valence-electron chi connectivity index (χ4n) is 3.41. The van der Waals surface area contributed by atoms with Crippen molar-refractivity contribution in [1.82, 2.24) is 0 Å². The number of rotatable bonds is 5. The van der Waals surface area contributed by atoms with Crippen LogP contribution < -0.4 is 0 Å². The fourth-order valence-corrected chi connectivity index (χ4v) is 3.41. The SMILES string of the molecule is CCCCC(C)(C#Cc1ccc(C(C)(C)c2ccc(O)c(C)c2)cc1C)C(F)(F)F. The predicted molar refractivity (Wildman–Crippen MR) is 117 cm³/mol. The van der Waals surface area contributed by atoms with Crippen LogP contribution in [0.25, 0.3) is 0 Å². The van der Waals surface area contributed by atoms with Crippen LogP contribution in [0.1, 0.15) is 74.8 Å². The van der Waals surface area contributed by atoms with Crippen LogP contribution in [-0.4, -0.2) is 11.3 Å². The number of aryl methyl sites for hydroxylation is 2. The molecule has 0 saturated heterocycles. The van der Waals surface area contributed by atoms with Gasteiger partial charge in [-0.3, -0.25) is 0 Å². The van der Waals surface area contributed by atoms with Gasteiger partial charge in [0.05, 0.1) is 0 Å². The highest BCUT2D eigenvalue weighted by Crippen LogP contribution is 2.41. The predicted octanol–water partition coefficient (Wildman–Crippen LogP) is 7.45. The van der Waals surface area contributed by atoms with E-state index in [1.807, 2.05) is 51.1 Å². The summed E-state index contributed by atoms with van der Waals surface area (Å²) < 4.78 is 40.7. The minimum atomic E-state index is -4.36. The molecule has 2 aromatic rings. The van der Waals surface area contributed by atoms with Crippen molar-refractivity contribution in [3.05, 3.63) is 64.2 Å². The molecule has 0 heterocycles. The van der Waals surface area contributed by atoms with Gasteiger partial charge in [0.1, 0.15) is 11.2 Å². The Morgan fingerprint density at radius 3 is 1.97 bits per heavy atom. The van der Waals surface area contributed by atoms with Crippen molar-refractivity contribution >= 4 is 0 Å². The molecule has 1 unspecified atom stereocenters. The van der Waals surface area contributed by atoms with Crippen LogP contribution in [0.2, 0.25) is 0 Å². The van der Waals surface area contributed by atoms with Crippen LogP contribution in [0.3, 0.4) is 0 Å². The van der Waals surface area contributed by atoms with Gasteiger partial charge in [0, 0.05) is 11.0 Å². The Hall–Kier alpha value is -2.41. The van der Waals surface area contributed by atoms with Crippen LogP contribution in [0, 0.1) is 31.1 Å². The molecular formula is C26H31F3O. The van der Waals surface area contributed by atoms with Crippen LogP contribution in [0.4, 0.5) is 13.2 Å². The van der Waals surface area contributed by atoms with E-state index in [2.05, 4.69) is 25.7 Å². The van der Waals surface area contributed by atoms with Crippen molar-refractivity contribution in [1.29, 1.82) is 0 Å². The molecule has 1 N–H and O–H groups in total. The quantitative estimate of drug-likeness (QED) is 0.502. The van der Waals surface area contributed by atoms with Crippen LogP contribution in [0.15, 0.2) is 36.4 Å². The molecule has 162 valence electrons. The maximum atomic E-state index is 13.6. The number of halogens is 3. The summed E-state index contributed by atoms with van der Waals surface area (Å²) in [6.07, 6.45) is -3.16. The molecule has 0 aliphatic heterocycles. The Kier molecular flexibility index (Phi) is 6.97. The van der Waals surface area contributed by atoms with E-state index in [-0.39, 0.29) is 17.6 Å². The first kappa shape index (κ1) is 23.9. The summed E-state index contributed by atoms with van der Waals surface area (Å²) in [5, 5.41) is 9.80. The van der Waals surface area contributed by atoms with E-state index in [0.717, 1.165) is 22.3 Å². The first-order valence-electron chi connectivity index (χ1n) is 10.3. The van der Waals surface area contributed by atoms with Gasteiger partial charge in [-0.2, -0.15) is 13.2 Å². The molecule has 0 aliphatic carbocycles. The molecule has 0 spiro atoms. The number of alkyl halides is 3. The second kappa shape index (κ2) is 8.76. The van der Waals surface area contributed by atoms with E-state index in [1.54, 1.807) is 6.07 Å². The van der Waals surface area contributed by atoms with E-state index in [0.29, 0.717) is 18.4 Å². The highest BCUT2D eigenvalue weighted by atomic mass is 19.4. The number of phenolic OH excluding ortho intramolecular Hbond substituents is 1. The average Bonchev–Trinajstić information content (AvgIpc) is 2.66. The second-order valence-electron chi connectivity index (χ2n) is 8.84. The molecule has 0 amide bonds. The molecule has 2 rings (SSSR count). The summed E-state index contributed by atoms with van der Waals surface area (Å²) in [5.41, 5.74) is 2.04. The van der Waals surface area contributed by atoms with Crippen LogP contribution in [-0.2, 0) is 5.41 Å². The lowest BCUT2D eigenvalue weighted by Crippen LogP contribution is -2.33. The number of hydrogen-bond acceptors (Lipinski definition) is 1. The molecule has 0 aliphatic rings. The van der Waals surface area contributed by atoms with Gasteiger partial charge >= 0.3 is 6.18 Å². The monoisotopic (exact) mass is 416 g/mol. The van der Waals surface area contributed by atoms with E-state index in [4.69, 9.17) is 0 Å². The summed E-state index contributed by atoms with van der Waals surface area (Å²) in [7, 11) is 0. The van der Waals surface area contributed by atoms with Crippen molar-refractivity contribution in [2.75, 3.05) is 0 Å². The second-order valence-corrected chi connectivity index (χ2v) is 8.84. The molecule has 0 saturated carbocycles. The van der Waals surface area contributed by atoms with E-state index < -0.39 is 11.6 Å². The number of benzene rings is 2. The lowest BCUT2D eigenvalue weighted by Gasteiger charge is -2.27. The molecule has 0 aromatic heterocycles. The van der Waals surface area contributed by atoms with Gasteiger partial charge in [-0.25, -0.2) is 0 Å². The van der Waals surface area contributed by atoms with Gasteiger partial charge in [-0.15, -0.1) is 0 Å². The van der Waals surface area contributed by atoms with Gasteiger partial charge in [-0.1, -0.05) is 69.7 Å². The third kappa shape index (κ3) is 5.01. The molecule has 1 nitrogen and oxygen atoms in total. The Balaban J connectivity index is 2.40. The molecule has 30 heavy (non-hydrogen) atoms. The van der Waals surface area contributed by atoms with Crippen molar-refractivity contribution in [3.63, 3.8) is 0 Å². The van der Waals surface area contributed by atoms with Crippen molar-refractivity contribution in [2.45, 2.75) is 72.4 Å². The normalized spacial score (nSPS) is 14.0. The fraction of sp³-hybridized carbons (Fsp3) is 0.462. The summed E-state index contributed by atoms with van der Waals surface area (Å²) in [6, 6.07) is 11.3. The zero-order valence-electron chi connectivity index (χ0n) is 18.7.